The lowest BCUT2D eigenvalue weighted by molar-refractivity contribution is 0.245. The predicted molar refractivity (Wildman–Crippen MR) is 55.6 cm³/mol. The summed E-state index contributed by atoms with van der Waals surface area (Å²) in [6.07, 6.45) is 8.38. The highest BCUT2D eigenvalue weighted by Crippen LogP contribution is 2.53. The summed E-state index contributed by atoms with van der Waals surface area (Å²) >= 11 is 0. The molecule has 2 fully saturated rings. The fourth-order valence-electron chi connectivity index (χ4n) is 2.78. The molecule has 0 spiro atoms. The van der Waals surface area contributed by atoms with E-state index in [-0.39, 0.29) is 0 Å². The first-order chi connectivity index (χ1) is 6.26. The Hall–Kier alpha value is -0.0800. The number of nitrogens with zero attached hydrogens (tertiary/aromatic N) is 1. The van der Waals surface area contributed by atoms with E-state index < -0.39 is 0 Å². The molecule has 0 bridgehead atoms. The van der Waals surface area contributed by atoms with Gasteiger partial charge in [-0.05, 0) is 64.1 Å². The van der Waals surface area contributed by atoms with E-state index in [9.17, 15) is 0 Å². The molecule has 0 radical (unpaired) electrons. The van der Waals surface area contributed by atoms with Crippen molar-refractivity contribution in [2.45, 2.75) is 44.6 Å². The Morgan fingerprint density at radius 1 is 1.46 bits per heavy atom. The van der Waals surface area contributed by atoms with Gasteiger partial charge in [-0.3, -0.25) is 0 Å². The van der Waals surface area contributed by atoms with Crippen LogP contribution < -0.4 is 5.73 Å². The van der Waals surface area contributed by atoms with Crippen molar-refractivity contribution in [3.8, 4) is 0 Å². The maximum absolute atomic E-state index is 5.65. The molecular formula is C11H22N2. The molecular weight excluding hydrogens is 160 g/mol. The van der Waals surface area contributed by atoms with Crippen molar-refractivity contribution in [2.75, 3.05) is 20.1 Å². The maximum atomic E-state index is 5.65. The third-order valence-corrected chi connectivity index (χ3v) is 3.97. The first-order valence-electron chi connectivity index (χ1n) is 5.66. The number of hydrogen-bond acceptors (Lipinski definition) is 2. The van der Waals surface area contributed by atoms with E-state index >= 15 is 0 Å². The van der Waals surface area contributed by atoms with E-state index in [2.05, 4.69) is 11.9 Å². The van der Waals surface area contributed by atoms with E-state index in [0.717, 1.165) is 12.6 Å². The van der Waals surface area contributed by atoms with Crippen molar-refractivity contribution in [1.82, 2.24) is 4.90 Å². The molecule has 2 N–H and O–H groups in total. The minimum Gasteiger partial charge on any atom is -0.330 e. The van der Waals surface area contributed by atoms with E-state index in [0.29, 0.717) is 5.41 Å². The van der Waals surface area contributed by atoms with Crippen molar-refractivity contribution < 1.29 is 0 Å². The lowest BCUT2D eigenvalue weighted by Gasteiger charge is -2.24. The molecule has 1 heterocycles. The number of rotatable bonds is 4. The standard InChI is InChI=1S/C11H22N2/c1-13-8-2-3-10(13)9-11(4-5-11)6-7-12/h10H,2-9,12H2,1H3. The lowest BCUT2D eigenvalue weighted by Crippen LogP contribution is -2.28. The zero-order valence-electron chi connectivity index (χ0n) is 8.76. The van der Waals surface area contributed by atoms with Crippen LogP contribution in [0, 0.1) is 5.41 Å². The number of likely N-dealkylation sites (tertiary alicyclic amines) is 1. The van der Waals surface area contributed by atoms with Gasteiger partial charge >= 0.3 is 0 Å². The Bertz CT molecular complexity index is 175. The molecule has 2 rings (SSSR count). The van der Waals surface area contributed by atoms with Crippen LogP contribution in [0.2, 0.25) is 0 Å². The summed E-state index contributed by atoms with van der Waals surface area (Å²) in [6, 6.07) is 0.869. The molecule has 1 aliphatic heterocycles. The van der Waals surface area contributed by atoms with Crippen LogP contribution >= 0.6 is 0 Å². The Morgan fingerprint density at radius 2 is 2.23 bits per heavy atom. The van der Waals surface area contributed by atoms with Crippen molar-refractivity contribution >= 4 is 0 Å². The first kappa shape index (κ1) is 9.47. The third kappa shape index (κ3) is 2.05. The van der Waals surface area contributed by atoms with Crippen LogP contribution in [0.4, 0.5) is 0 Å². The minimum atomic E-state index is 0.679. The lowest BCUT2D eigenvalue weighted by atomic mass is 9.92. The Labute approximate surface area is 81.5 Å². The molecule has 1 aliphatic carbocycles. The summed E-state index contributed by atoms with van der Waals surface area (Å²) in [5.41, 5.74) is 6.33. The van der Waals surface area contributed by atoms with Gasteiger partial charge in [-0.1, -0.05) is 0 Å². The molecule has 0 aromatic rings. The van der Waals surface area contributed by atoms with E-state index in [1.54, 1.807) is 0 Å². The van der Waals surface area contributed by atoms with Gasteiger partial charge < -0.3 is 10.6 Å². The fourth-order valence-corrected chi connectivity index (χ4v) is 2.78. The molecule has 2 aliphatic rings. The normalized spacial score (nSPS) is 32.3. The molecule has 0 amide bonds. The van der Waals surface area contributed by atoms with Crippen LogP contribution in [-0.2, 0) is 0 Å². The zero-order valence-corrected chi connectivity index (χ0v) is 8.76. The third-order valence-electron chi connectivity index (χ3n) is 3.97. The van der Waals surface area contributed by atoms with Crippen LogP contribution in [0.3, 0.4) is 0 Å². The highest BCUT2D eigenvalue weighted by molar-refractivity contribution is 4.97. The van der Waals surface area contributed by atoms with Crippen LogP contribution in [0.15, 0.2) is 0 Å². The van der Waals surface area contributed by atoms with Crippen molar-refractivity contribution in [2.24, 2.45) is 11.1 Å². The summed E-state index contributed by atoms with van der Waals surface area (Å²) in [7, 11) is 2.27. The van der Waals surface area contributed by atoms with Crippen LogP contribution in [-0.4, -0.2) is 31.1 Å². The molecule has 2 nitrogen and oxygen atoms in total. The average molecular weight is 182 g/mol. The monoisotopic (exact) mass is 182 g/mol. The molecule has 1 saturated carbocycles. The van der Waals surface area contributed by atoms with E-state index in [1.807, 2.05) is 0 Å². The molecule has 1 atom stereocenters. The molecule has 0 aromatic heterocycles. The van der Waals surface area contributed by atoms with Gasteiger partial charge in [0.15, 0.2) is 0 Å². The number of hydrogen-bond donors (Lipinski definition) is 1. The molecule has 13 heavy (non-hydrogen) atoms. The Morgan fingerprint density at radius 3 is 2.69 bits per heavy atom. The summed E-state index contributed by atoms with van der Waals surface area (Å²) < 4.78 is 0. The topological polar surface area (TPSA) is 29.3 Å². The quantitative estimate of drug-likeness (QED) is 0.715. The van der Waals surface area contributed by atoms with Gasteiger partial charge in [-0.25, -0.2) is 0 Å². The van der Waals surface area contributed by atoms with Gasteiger partial charge in [0.1, 0.15) is 0 Å². The van der Waals surface area contributed by atoms with Crippen molar-refractivity contribution in [3.63, 3.8) is 0 Å². The van der Waals surface area contributed by atoms with Crippen molar-refractivity contribution in [1.29, 1.82) is 0 Å². The molecule has 1 unspecified atom stereocenters. The van der Waals surface area contributed by atoms with Crippen LogP contribution in [0.1, 0.15) is 38.5 Å². The van der Waals surface area contributed by atoms with E-state index in [4.69, 9.17) is 5.73 Å². The largest absolute Gasteiger partial charge is 0.330 e. The maximum Gasteiger partial charge on any atom is 0.00979 e. The highest BCUT2D eigenvalue weighted by atomic mass is 15.1. The summed E-state index contributed by atoms with van der Waals surface area (Å²) in [5.74, 6) is 0. The minimum absolute atomic E-state index is 0.679. The highest BCUT2D eigenvalue weighted by Gasteiger charge is 2.44. The second kappa shape index (κ2) is 3.58. The van der Waals surface area contributed by atoms with Gasteiger partial charge in [-0.2, -0.15) is 0 Å². The van der Waals surface area contributed by atoms with Gasteiger partial charge in [-0.15, -0.1) is 0 Å². The van der Waals surface area contributed by atoms with Gasteiger partial charge in [0.25, 0.3) is 0 Å². The number of nitrogens with two attached hydrogens (primary N) is 1. The summed E-state index contributed by atoms with van der Waals surface area (Å²) in [5, 5.41) is 0. The molecule has 2 heteroatoms. The second-order valence-corrected chi connectivity index (χ2v) is 5.02. The Kier molecular flexibility index (Phi) is 2.61. The zero-order chi connectivity index (χ0) is 9.31. The van der Waals surface area contributed by atoms with Crippen molar-refractivity contribution in [3.05, 3.63) is 0 Å². The van der Waals surface area contributed by atoms with Crippen LogP contribution in [0.25, 0.3) is 0 Å². The SMILES string of the molecule is CN1CCCC1CC1(CCN)CC1. The fraction of sp³-hybridized carbons (Fsp3) is 1.00. The van der Waals surface area contributed by atoms with Crippen LogP contribution in [0.5, 0.6) is 0 Å². The summed E-state index contributed by atoms with van der Waals surface area (Å²) in [6.45, 7) is 2.19. The summed E-state index contributed by atoms with van der Waals surface area (Å²) in [4.78, 5) is 2.54. The predicted octanol–water partition coefficient (Wildman–Crippen LogP) is 1.60. The molecule has 1 saturated heterocycles. The smallest absolute Gasteiger partial charge is 0.00979 e. The van der Waals surface area contributed by atoms with Gasteiger partial charge in [0.2, 0.25) is 0 Å². The molecule has 0 aromatic carbocycles. The second-order valence-electron chi connectivity index (χ2n) is 5.02. The molecule has 76 valence electrons. The average Bonchev–Trinajstić information content (AvgIpc) is 2.73. The van der Waals surface area contributed by atoms with Gasteiger partial charge in [0.05, 0.1) is 0 Å². The Balaban J connectivity index is 1.83. The van der Waals surface area contributed by atoms with E-state index in [1.165, 1.54) is 45.1 Å². The first-order valence-corrected chi connectivity index (χ1v) is 5.66. The van der Waals surface area contributed by atoms with Gasteiger partial charge in [0, 0.05) is 6.04 Å².